The van der Waals surface area contributed by atoms with Gasteiger partial charge in [0.05, 0.1) is 7.11 Å². The molecule has 0 unspecified atom stereocenters. The number of esters is 1. The molecule has 4 nitrogen and oxygen atoms in total. The van der Waals surface area contributed by atoms with Gasteiger partial charge in [-0.15, -0.1) is 0 Å². The van der Waals surface area contributed by atoms with Gasteiger partial charge in [-0.1, -0.05) is 6.92 Å². The van der Waals surface area contributed by atoms with Crippen LogP contribution in [0.1, 0.15) is 13.3 Å². The van der Waals surface area contributed by atoms with Gasteiger partial charge in [0, 0.05) is 18.7 Å². The van der Waals surface area contributed by atoms with Gasteiger partial charge in [-0.05, 0) is 6.42 Å². The number of nitrogens with one attached hydrogen (secondary N) is 1. The standard InChI is InChI=1S/C8H13NO3/c1-3-6-9-7(10)4-5-8(11)12-2/h4-5H,3,6H2,1-2H3,(H,9,10)/b5-4+. The first kappa shape index (κ1) is 10.7. The smallest absolute Gasteiger partial charge is 0.330 e. The first-order valence-electron chi connectivity index (χ1n) is 3.74. The highest BCUT2D eigenvalue weighted by atomic mass is 16.5. The van der Waals surface area contributed by atoms with Crippen molar-refractivity contribution in [3.8, 4) is 0 Å². The molecule has 0 aliphatic carbocycles. The molecular weight excluding hydrogens is 158 g/mol. The molecule has 0 saturated heterocycles. The lowest BCUT2D eigenvalue weighted by molar-refractivity contribution is -0.135. The molecule has 0 radical (unpaired) electrons. The molecule has 4 heteroatoms. The van der Waals surface area contributed by atoms with E-state index in [-0.39, 0.29) is 5.91 Å². The monoisotopic (exact) mass is 171 g/mol. The van der Waals surface area contributed by atoms with Crippen LogP contribution in [-0.2, 0) is 14.3 Å². The Morgan fingerprint density at radius 1 is 1.42 bits per heavy atom. The summed E-state index contributed by atoms with van der Waals surface area (Å²) < 4.78 is 4.30. The second kappa shape index (κ2) is 6.39. The lowest BCUT2D eigenvalue weighted by atomic mass is 10.4. The maximum atomic E-state index is 10.8. The number of carbonyl (C=O) groups is 2. The third-order valence-corrected chi connectivity index (χ3v) is 1.12. The molecule has 0 aromatic carbocycles. The van der Waals surface area contributed by atoms with Gasteiger partial charge in [-0.3, -0.25) is 4.79 Å². The van der Waals surface area contributed by atoms with Crippen LogP contribution in [-0.4, -0.2) is 25.5 Å². The van der Waals surface area contributed by atoms with Crippen LogP contribution >= 0.6 is 0 Å². The summed E-state index contributed by atoms with van der Waals surface area (Å²) in [7, 11) is 1.26. The summed E-state index contributed by atoms with van der Waals surface area (Å²) in [5.41, 5.74) is 0. The molecule has 68 valence electrons. The zero-order valence-corrected chi connectivity index (χ0v) is 7.29. The summed E-state index contributed by atoms with van der Waals surface area (Å²) in [6.07, 6.45) is 3.12. The summed E-state index contributed by atoms with van der Waals surface area (Å²) in [6, 6.07) is 0. The van der Waals surface area contributed by atoms with Gasteiger partial charge < -0.3 is 10.1 Å². The molecule has 0 heterocycles. The Balaban J connectivity index is 3.67. The predicted octanol–water partition coefficient (Wildman–Crippen LogP) is 0.242. The highest BCUT2D eigenvalue weighted by molar-refractivity contribution is 5.94. The van der Waals surface area contributed by atoms with Crippen molar-refractivity contribution in [2.75, 3.05) is 13.7 Å². The molecular formula is C8H13NO3. The first-order valence-corrected chi connectivity index (χ1v) is 3.74. The van der Waals surface area contributed by atoms with Gasteiger partial charge in [0.1, 0.15) is 0 Å². The fourth-order valence-corrected chi connectivity index (χ4v) is 0.519. The van der Waals surface area contributed by atoms with Crippen molar-refractivity contribution >= 4 is 11.9 Å². The van der Waals surface area contributed by atoms with E-state index in [1.807, 2.05) is 6.92 Å². The molecule has 0 spiro atoms. The van der Waals surface area contributed by atoms with Gasteiger partial charge in [-0.2, -0.15) is 0 Å². The average Bonchev–Trinajstić information content (AvgIpc) is 2.10. The Hall–Kier alpha value is -1.32. The topological polar surface area (TPSA) is 55.4 Å². The van der Waals surface area contributed by atoms with E-state index in [0.717, 1.165) is 18.6 Å². The van der Waals surface area contributed by atoms with E-state index in [2.05, 4.69) is 10.1 Å². The zero-order chi connectivity index (χ0) is 9.40. The number of rotatable bonds is 4. The van der Waals surface area contributed by atoms with Gasteiger partial charge in [0.15, 0.2) is 0 Å². The van der Waals surface area contributed by atoms with Gasteiger partial charge in [0.2, 0.25) is 5.91 Å². The van der Waals surface area contributed by atoms with Crippen molar-refractivity contribution in [1.82, 2.24) is 5.32 Å². The van der Waals surface area contributed by atoms with Crippen LogP contribution in [0.5, 0.6) is 0 Å². The van der Waals surface area contributed by atoms with E-state index in [9.17, 15) is 9.59 Å². The molecule has 0 aromatic heterocycles. The van der Waals surface area contributed by atoms with Crippen LogP contribution in [0.2, 0.25) is 0 Å². The molecule has 0 aliphatic rings. The summed E-state index contributed by atoms with van der Waals surface area (Å²) in [5, 5.41) is 2.58. The molecule has 1 N–H and O–H groups in total. The van der Waals surface area contributed by atoms with Crippen LogP contribution in [0.25, 0.3) is 0 Å². The van der Waals surface area contributed by atoms with Crippen LogP contribution in [0.4, 0.5) is 0 Å². The summed E-state index contributed by atoms with van der Waals surface area (Å²) >= 11 is 0. The van der Waals surface area contributed by atoms with Crippen molar-refractivity contribution in [3.63, 3.8) is 0 Å². The van der Waals surface area contributed by atoms with Crippen LogP contribution < -0.4 is 5.32 Å². The predicted molar refractivity (Wildman–Crippen MR) is 44.5 cm³/mol. The van der Waals surface area contributed by atoms with E-state index in [4.69, 9.17) is 0 Å². The van der Waals surface area contributed by atoms with Crippen LogP contribution in [0, 0.1) is 0 Å². The molecule has 1 amide bonds. The van der Waals surface area contributed by atoms with Crippen molar-refractivity contribution in [2.24, 2.45) is 0 Å². The normalized spacial score (nSPS) is 9.83. The lowest BCUT2D eigenvalue weighted by Crippen LogP contribution is -2.21. The number of carbonyl (C=O) groups excluding carboxylic acids is 2. The Bertz CT molecular complexity index is 187. The van der Waals surface area contributed by atoms with E-state index in [1.54, 1.807) is 0 Å². The van der Waals surface area contributed by atoms with E-state index >= 15 is 0 Å². The number of methoxy groups -OCH3 is 1. The number of ether oxygens (including phenoxy) is 1. The molecule has 0 aromatic rings. The highest BCUT2D eigenvalue weighted by Crippen LogP contribution is 1.79. The van der Waals surface area contributed by atoms with Gasteiger partial charge in [-0.25, -0.2) is 4.79 Å². The Morgan fingerprint density at radius 3 is 2.58 bits per heavy atom. The zero-order valence-electron chi connectivity index (χ0n) is 7.29. The second-order valence-corrected chi connectivity index (χ2v) is 2.15. The SMILES string of the molecule is CCCNC(=O)/C=C/C(=O)OC. The Morgan fingerprint density at radius 2 is 2.08 bits per heavy atom. The third-order valence-electron chi connectivity index (χ3n) is 1.12. The van der Waals surface area contributed by atoms with Crippen molar-refractivity contribution in [1.29, 1.82) is 0 Å². The first-order chi connectivity index (χ1) is 5.70. The van der Waals surface area contributed by atoms with Gasteiger partial charge >= 0.3 is 5.97 Å². The van der Waals surface area contributed by atoms with E-state index < -0.39 is 5.97 Å². The fourth-order valence-electron chi connectivity index (χ4n) is 0.519. The molecule has 0 rings (SSSR count). The molecule has 0 aliphatic heterocycles. The largest absolute Gasteiger partial charge is 0.466 e. The van der Waals surface area contributed by atoms with E-state index in [1.165, 1.54) is 7.11 Å². The maximum absolute atomic E-state index is 10.8. The second-order valence-electron chi connectivity index (χ2n) is 2.15. The number of hydrogen-bond acceptors (Lipinski definition) is 3. The number of amides is 1. The highest BCUT2D eigenvalue weighted by Gasteiger charge is 1.95. The molecule has 0 bridgehead atoms. The van der Waals surface area contributed by atoms with Crippen molar-refractivity contribution in [3.05, 3.63) is 12.2 Å². The summed E-state index contributed by atoms with van der Waals surface area (Å²) in [6.45, 7) is 2.56. The molecule has 0 atom stereocenters. The van der Waals surface area contributed by atoms with Gasteiger partial charge in [0.25, 0.3) is 0 Å². The minimum absolute atomic E-state index is 0.276. The summed E-state index contributed by atoms with van der Waals surface area (Å²) in [5.74, 6) is -0.802. The minimum atomic E-state index is -0.526. The van der Waals surface area contributed by atoms with Crippen LogP contribution in [0.15, 0.2) is 12.2 Å². The quantitative estimate of drug-likeness (QED) is 0.487. The molecule has 0 fully saturated rings. The summed E-state index contributed by atoms with van der Waals surface area (Å²) in [4.78, 5) is 21.3. The van der Waals surface area contributed by atoms with Crippen molar-refractivity contribution in [2.45, 2.75) is 13.3 Å². The van der Waals surface area contributed by atoms with Crippen LogP contribution in [0.3, 0.4) is 0 Å². The Kier molecular flexibility index (Phi) is 5.69. The maximum Gasteiger partial charge on any atom is 0.330 e. The average molecular weight is 171 g/mol. The number of hydrogen-bond donors (Lipinski definition) is 1. The van der Waals surface area contributed by atoms with E-state index in [0.29, 0.717) is 6.54 Å². The van der Waals surface area contributed by atoms with Crippen molar-refractivity contribution < 1.29 is 14.3 Å². The third kappa shape index (κ3) is 5.46. The fraction of sp³-hybridized carbons (Fsp3) is 0.500. The lowest BCUT2D eigenvalue weighted by Gasteiger charge is -1.96. The minimum Gasteiger partial charge on any atom is -0.466 e. The Labute approximate surface area is 71.6 Å². The molecule has 12 heavy (non-hydrogen) atoms. The molecule has 0 saturated carbocycles.